The Bertz CT molecular complexity index is 2490. The number of pyridine rings is 2. The van der Waals surface area contributed by atoms with E-state index in [-0.39, 0.29) is 11.1 Å². The van der Waals surface area contributed by atoms with Gasteiger partial charge in [0.1, 0.15) is 0 Å². The molecule has 0 aliphatic rings. The van der Waals surface area contributed by atoms with Crippen molar-refractivity contribution >= 4 is 43.5 Å². The van der Waals surface area contributed by atoms with Crippen LogP contribution in [-0.2, 0) is 0 Å². The number of fused-ring (bicyclic) bond motifs is 4. The monoisotopic (exact) mass is 550 g/mol. The van der Waals surface area contributed by atoms with Gasteiger partial charge >= 0.3 is 0 Å². The molecule has 4 nitrogen and oxygen atoms in total. The van der Waals surface area contributed by atoms with Crippen LogP contribution in [0.4, 0.5) is 5.69 Å². The molecule has 0 saturated carbocycles. The van der Waals surface area contributed by atoms with Crippen LogP contribution in [0, 0.1) is 6.57 Å². The molecule has 0 aliphatic heterocycles. The Balaban J connectivity index is 1.55. The standard InChI is InChI=1S/C39H22N2O2/c1-40-30-16-17-33-34(23-30)36-22-29(21-35-31-14-8-9-15-32(31)38(42)41(37(35)36)39(33)43)28-19-26(24-10-4-2-5-11-24)18-27(20-28)25-12-6-3-7-13-25/h2-23H. The quantitative estimate of drug-likeness (QED) is 0.125. The second kappa shape index (κ2) is 9.51. The highest BCUT2D eigenvalue weighted by molar-refractivity contribution is 6.19. The molecule has 0 saturated heterocycles. The fourth-order valence-electron chi connectivity index (χ4n) is 6.29. The van der Waals surface area contributed by atoms with Crippen molar-refractivity contribution in [3.8, 4) is 33.4 Å². The normalized spacial score (nSPS) is 11.4. The molecule has 0 radical (unpaired) electrons. The molecule has 0 bridgehead atoms. The molecule has 0 amide bonds. The average Bonchev–Trinajstić information content (AvgIpc) is 3.08. The van der Waals surface area contributed by atoms with E-state index in [0.717, 1.165) is 49.5 Å². The van der Waals surface area contributed by atoms with Crippen LogP contribution >= 0.6 is 0 Å². The summed E-state index contributed by atoms with van der Waals surface area (Å²) in [7, 11) is 0. The van der Waals surface area contributed by atoms with Crippen LogP contribution < -0.4 is 11.1 Å². The lowest BCUT2D eigenvalue weighted by atomic mass is 9.90. The highest BCUT2D eigenvalue weighted by atomic mass is 16.2. The van der Waals surface area contributed by atoms with Crippen molar-refractivity contribution in [3.05, 3.63) is 166 Å². The predicted molar refractivity (Wildman–Crippen MR) is 176 cm³/mol. The number of benzene rings is 6. The maximum Gasteiger partial charge on any atom is 0.266 e. The lowest BCUT2D eigenvalue weighted by molar-refractivity contribution is 1.09. The molecule has 0 N–H and O–H groups in total. The molecule has 2 heterocycles. The molecule has 0 fully saturated rings. The second-order valence-corrected chi connectivity index (χ2v) is 10.8. The van der Waals surface area contributed by atoms with Crippen LogP contribution in [-0.4, -0.2) is 4.40 Å². The van der Waals surface area contributed by atoms with E-state index in [1.165, 1.54) is 4.40 Å². The van der Waals surface area contributed by atoms with Crippen LogP contribution in [0.2, 0.25) is 0 Å². The second-order valence-electron chi connectivity index (χ2n) is 10.8. The van der Waals surface area contributed by atoms with Crippen molar-refractivity contribution in [1.29, 1.82) is 0 Å². The zero-order valence-electron chi connectivity index (χ0n) is 22.9. The summed E-state index contributed by atoms with van der Waals surface area (Å²) in [5.41, 5.74) is 6.69. The first-order chi connectivity index (χ1) is 21.1. The van der Waals surface area contributed by atoms with Gasteiger partial charge in [-0.2, -0.15) is 0 Å². The Labute approximate surface area is 246 Å². The highest BCUT2D eigenvalue weighted by Gasteiger charge is 2.19. The molecule has 6 aromatic carbocycles. The molecule has 43 heavy (non-hydrogen) atoms. The Hall–Kier alpha value is -6.05. The number of nitrogens with zero attached hydrogens (tertiary/aromatic N) is 2. The van der Waals surface area contributed by atoms with E-state index in [0.29, 0.717) is 27.4 Å². The number of rotatable bonds is 3. The summed E-state index contributed by atoms with van der Waals surface area (Å²) in [4.78, 5) is 31.2. The fourth-order valence-corrected chi connectivity index (χ4v) is 6.29. The van der Waals surface area contributed by atoms with Gasteiger partial charge in [-0.15, -0.1) is 0 Å². The van der Waals surface area contributed by atoms with Gasteiger partial charge in [-0.3, -0.25) is 9.59 Å². The summed E-state index contributed by atoms with van der Waals surface area (Å²) in [6, 6.07) is 43.9. The van der Waals surface area contributed by atoms with E-state index >= 15 is 0 Å². The van der Waals surface area contributed by atoms with Crippen molar-refractivity contribution in [3.63, 3.8) is 0 Å². The maximum absolute atomic E-state index is 13.8. The van der Waals surface area contributed by atoms with Gasteiger partial charge in [0, 0.05) is 21.5 Å². The van der Waals surface area contributed by atoms with E-state index < -0.39 is 0 Å². The van der Waals surface area contributed by atoms with Crippen LogP contribution in [0.1, 0.15) is 0 Å². The molecule has 0 atom stereocenters. The fraction of sp³-hybridized carbons (Fsp3) is 0. The largest absolute Gasteiger partial charge is 0.268 e. The number of hydrogen-bond donors (Lipinski definition) is 0. The molecular weight excluding hydrogens is 528 g/mol. The summed E-state index contributed by atoms with van der Waals surface area (Å²) < 4.78 is 1.31. The third-order valence-corrected chi connectivity index (χ3v) is 8.32. The van der Waals surface area contributed by atoms with Crippen molar-refractivity contribution in [2.75, 3.05) is 0 Å². The molecule has 0 unspecified atom stereocenters. The van der Waals surface area contributed by atoms with Gasteiger partial charge < -0.3 is 0 Å². The Morgan fingerprint density at radius 3 is 1.47 bits per heavy atom. The summed E-state index contributed by atoms with van der Waals surface area (Å²) in [6.45, 7) is 7.62. The zero-order valence-corrected chi connectivity index (χ0v) is 22.9. The first kappa shape index (κ1) is 24.7. The smallest absolute Gasteiger partial charge is 0.266 e. The predicted octanol–water partition coefficient (Wildman–Crippen LogP) is 9.11. The van der Waals surface area contributed by atoms with Gasteiger partial charge in [0.2, 0.25) is 0 Å². The van der Waals surface area contributed by atoms with Crippen molar-refractivity contribution < 1.29 is 0 Å². The minimum Gasteiger partial charge on any atom is -0.268 e. The lowest BCUT2D eigenvalue weighted by Crippen LogP contribution is -2.27. The first-order valence-electron chi connectivity index (χ1n) is 14.0. The lowest BCUT2D eigenvalue weighted by Gasteiger charge is -2.16. The average molecular weight is 551 g/mol. The van der Waals surface area contributed by atoms with Crippen LogP contribution in [0.5, 0.6) is 0 Å². The van der Waals surface area contributed by atoms with E-state index in [1.54, 1.807) is 24.3 Å². The molecule has 4 heteroatoms. The van der Waals surface area contributed by atoms with Crippen LogP contribution in [0.25, 0.3) is 76.1 Å². The van der Waals surface area contributed by atoms with E-state index in [4.69, 9.17) is 6.57 Å². The van der Waals surface area contributed by atoms with Crippen molar-refractivity contribution in [2.45, 2.75) is 0 Å². The molecule has 2 aromatic heterocycles. The number of aromatic nitrogens is 1. The summed E-state index contributed by atoms with van der Waals surface area (Å²) >= 11 is 0. The molecule has 200 valence electrons. The molecular formula is C39H22N2O2. The van der Waals surface area contributed by atoms with Gasteiger partial charge in [-0.05, 0) is 86.6 Å². The van der Waals surface area contributed by atoms with Gasteiger partial charge in [-0.1, -0.05) is 91.0 Å². The third kappa shape index (κ3) is 3.83. The number of hydrogen-bond acceptors (Lipinski definition) is 2. The van der Waals surface area contributed by atoms with Crippen LogP contribution in [0.15, 0.2) is 143 Å². The molecule has 0 spiro atoms. The SMILES string of the molecule is [C-]#[N+]c1ccc2c(=O)n3c(=O)c4ccccc4c4cc(-c5cc(-c6ccccc6)cc(-c6ccccc6)c5)cc(c2c1)c43. The van der Waals surface area contributed by atoms with Gasteiger partial charge in [0.25, 0.3) is 11.1 Å². The zero-order chi connectivity index (χ0) is 29.1. The van der Waals surface area contributed by atoms with Crippen molar-refractivity contribution in [2.24, 2.45) is 0 Å². The van der Waals surface area contributed by atoms with Gasteiger partial charge in [-0.25, -0.2) is 9.25 Å². The summed E-state index contributed by atoms with van der Waals surface area (Å²) in [5, 5.41) is 3.96. The van der Waals surface area contributed by atoms with Crippen LogP contribution in [0.3, 0.4) is 0 Å². The Morgan fingerprint density at radius 1 is 0.419 bits per heavy atom. The van der Waals surface area contributed by atoms with E-state index in [2.05, 4.69) is 59.4 Å². The molecule has 8 aromatic rings. The van der Waals surface area contributed by atoms with E-state index in [1.807, 2.05) is 54.6 Å². The topological polar surface area (TPSA) is 42.9 Å². The highest BCUT2D eigenvalue weighted by Crippen LogP contribution is 2.38. The summed E-state index contributed by atoms with van der Waals surface area (Å²) in [6.07, 6.45) is 0. The third-order valence-electron chi connectivity index (χ3n) is 8.32. The minimum atomic E-state index is -0.370. The summed E-state index contributed by atoms with van der Waals surface area (Å²) in [5.74, 6) is 0. The van der Waals surface area contributed by atoms with Crippen molar-refractivity contribution in [1.82, 2.24) is 4.40 Å². The Morgan fingerprint density at radius 2 is 0.884 bits per heavy atom. The molecule has 0 aliphatic carbocycles. The minimum absolute atomic E-state index is 0.334. The van der Waals surface area contributed by atoms with Gasteiger partial charge in [0.15, 0.2) is 5.69 Å². The first-order valence-corrected chi connectivity index (χ1v) is 14.0. The van der Waals surface area contributed by atoms with Gasteiger partial charge in [0.05, 0.1) is 12.1 Å². The maximum atomic E-state index is 13.8. The molecule has 8 rings (SSSR count). The Kier molecular flexibility index (Phi) is 5.47. The van der Waals surface area contributed by atoms with E-state index in [9.17, 15) is 9.59 Å².